The third kappa shape index (κ3) is 2.03. The number of nitrogen functional groups attached to an aromatic ring is 1. The van der Waals surface area contributed by atoms with Gasteiger partial charge in [0.2, 0.25) is 0 Å². The van der Waals surface area contributed by atoms with E-state index in [0.717, 1.165) is 39.0 Å². The molecule has 6 rings (SSSR count). The molecule has 0 radical (unpaired) electrons. The predicted molar refractivity (Wildman–Crippen MR) is 118 cm³/mol. The van der Waals surface area contributed by atoms with Gasteiger partial charge in [-0.25, -0.2) is 4.98 Å². The molecule has 0 aliphatic rings. The van der Waals surface area contributed by atoms with Crippen molar-refractivity contribution in [2.75, 3.05) is 5.73 Å². The average Bonchev–Trinajstić information content (AvgIpc) is 3.32. The van der Waals surface area contributed by atoms with Gasteiger partial charge < -0.3 is 15.7 Å². The summed E-state index contributed by atoms with van der Waals surface area (Å²) in [5, 5.41) is 5.80. The number of hydrogen-bond donors (Lipinski definition) is 3. The van der Waals surface area contributed by atoms with Gasteiger partial charge in [0, 0.05) is 39.1 Å². The molecule has 4 nitrogen and oxygen atoms in total. The van der Waals surface area contributed by atoms with Gasteiger partial charge >= 0.3 is 0 Å². The van der Waals surface area contributed by atoms with Gasteiger partial charge in [-0.1, -0.05) is 42.0 Å². The van der Waals surface area contributed by atoms with Crippen molar-refractivity contribution in [1.29, 1.82) is 0 Å². The maximum Gasteiger partial charge on any atom is 0.140 e. The van der Waals surface area contributed by atoms with Crippen LogP contribution in [-0.2, 0) is 0 Å². The molecule has 0 saturated carbocycles. The normalized spacial score (nSPS) is 11.9. The van der Waals surface area contributed by atoms with Crippen LogP contribution in [0.15, 0.2) is 66.9 Å². The highest BCUT2D eigenvalue weighted by Gasteiger charge is 2.16. The zero-order valence-electron chi connectivity index (χ0n) is 15.4. The van der Waals surface area contributed by atoms with Crippen LogP contribution in [0.2, 0.25) is 0 Å². The number of aromatic nitrogens is 3. The highest BCUT2D eigenvalue weighted by Crippen LogP contribution is 2.37. The molecule has 0 atom stereocenters. The van der Waals surface area contributed by atoms with Crippen LogP contribution < -0.4 is 5.73 Å². The molecule has 0 spiro atoms. The second kappa shape index (κ2) is 5.36. The zero-order chi connectivity index (χ0) is 18.8. The summed E-state index contributed by atoms with van der Waals surface area (Å²) in [4.78, 5) is 12.0. The number of H-pyrrole nitrogens is 2. The summed E-state index contributed by atoms with van der Waals surface area (Å²) in [6.07, 6.45) is 2.03. The van der Waals surface area contributed by atoms with Gasteiger partial charge in [0.25, 0.3) is 0 Å². The number of nitrogens with zero attached hydrogens (tertiary/aromatic N) is 1. The minimum Gasteiger partial charge on any atom is -0.399 e. The Labute approximate surface area is 161 Å². The molecule has 6 aromatic rings. The van der Waals surface area contributed by atoms with E-state index in [2.05, 4.69) is 65.4 Å². The fourth-order valence-electron chi connectivity index (χ4n) is 4.25. The Morgan fingerprint density at radius 1 is 0.821 bits per heavy atom. The van der Waals surface area contributed by atoms with Crippen LogP contribution in [0.1, 0.15) is 5.56 Å². The predicted octanol–water partition coefficient (Wildman–Crippen LogP) is 5.91. The first kappa shape index (κ1) is 15.3. The summed E-state index contributed by atoms with van der Waals surface area (Å²) in [5.74, 6) is 0.868. The van der Waals surface area contributed by atoms with E-state index in [-0.39, 0.29) is 0 Å². The van der Waals surface area contributed by atoms with Gasteiger partial charge in [-0.3, -0.25) is 0 Å². The van der Waals surface area contributed by atoms with Gasteiger partial charge in [0.05, 0.1) is 11.0 Å². The van der Waals surface area contributed by atoms with E-state index in [1.165, 1.54) is 27.1 Å². The van der Waals surface area contributed by atoms with Crippen LogP contribution in [-0.4, -0.2) is 15.0 Å². The Kier molecular flexibility index (Phi) is 2.93. The summed E-state index contributed by atoms with van der Waals surface area (Å²) in [5.41, 5.74) is 12.3. The summed E-state index contributed by atoms with van der Waals surface area (Å²) in [7, 11) is 0. The van der Waals surface area contributed by atoms with Crippen molar-refractivity contribution >= 4 is 49.2 Å². The SMILES string of the molecule is Cc1ccc2[nH]cc(-c3nc4c5cc(N)ccc5c5ccccc5c4[nH]3)c2c1. The maximum atomic E-state index is 6.11. The van der Waals surface area contributed by atoms with Crippen LogP contribution in [0.25, 0.3) is 54.9 Å². The summed E-state index contributed by atoms with van der Waals surface area (Å²) >= 11 is 0. The van der Waals surface area contributed by atoms with Crippen LogP contribution in [0.4, 0.5) is 5.69 Å². The molecule has 4 heteroatoms. The highest BCUT2D eigenvalue weighted by molar-refractivity contribution is 6.24. The molecule has 0 bridgehead atoms. The Bertz CT molecular complexity index is 1540. The van der Waals surface area contributed by atoms with Crippen LogP contribution >= 0.6 is 0 Å². The number of imidazole rings is 1. The molecule has 28 heavy (non-hydrogen) atoms. The topological polar surface area (TPSA) is 70.5 Å². The van der Waals surface area contributed by atoms with Gasteiger partial charge in [-0.05, 0) is 42.0 Å². The molecule has 0 amide bonds. The molecule has 134 valence electrons. The molecule has 0 aliphatic carbocycles. The average molecular weight is 362 g/mol. The van der Waals surface area contributed by atoms with Crippen molar-refractivity contribution in [2.45, 2.75) is 6.92 Å². The Morgan fingerprint density at radius 2 is 1.64 bits per heavy atom. The largest absolute Gasteiger partial charge is 0.399 e. The number of nitrogens with two attached hydrogens (primary N) is 1. The second-order valence-electron chi connectivity index (χ2n) is 7.41. The van der Waals surface area contributed by atoms with E-state index in [9.17, 15) is 0 Å². The molecule has 2 heterocycles. The first-order valence-corrected chi connectivity index (χ1v) is 9.37. The summed E-state index contributed by atoms with van der Waals surface area (Å²) in [6, 6.07) is 20.9. The Morgan fingerprint density at radius 3 is 2.54 bits per heavy atom. The molecular formula is C24H18N4. The van der Waals surface area contributed by atoms with E-state index in [1.807, 2.05) is 18.3 Å². The molecular weight excluding hydrogens is 344 g/mol. The molecule has 0 aliphatic heterocycles. The highest BCUT2D eigenvalue weighted by atomic mass is 14.9. The fourth-order valence-corrected chi connectivity index (χ4v) is 4.25. The summed E-state index contributed by atoms with van der Waals surface area (Å²) < 4.78 is 0. The maximum absolute atomic E-state index is 6.11. The van der Waals surface area contributed by atoms with Gasteiger partial charge in [-0.2, -0.15) is 0 Å². The fraction of sp³-hybridized carbons (Fsp3) is 0.0417. The van der Waals surface area contributed by atoms with Crippen molar-refractivity contribution < 1.29 is 0 Å². The van der Waals surface area contributed by atoms with E-state index in [1.54, 1.807) is 0 Å². The van der Waals surface area contributed by atoms with E-state index in [4.69, 9.17) is 10.7 Å². The Hall–Kier alpha value is -3.79. The number of anilines is 1. The number of rotatable bonds is 1. The van der Waals surface area contributed by atoms with Gasteiger partial charge in [-0.15, -0.1) is 0 Å². The van der Waals surface area contributed by atoms with Crippen molar-refractivity contribution in [3.05, 3.63) is 72.4 Å². The van der Waals surface area contributed by atoms with E-state index in [0.29, 0.717) is 0 Å². The third-order valence-corrected chi connectivity index (χ3v) is 5.58. The smallest absolute Gasteiger partial charge is 0.140 e. The second-order valence-corrected chi connectivity index (χ2v) is 7.41. The molecule has 0 unspecified atom stereocenters. The molecule has 0 saturated heterocycles. The summed E-state index contributed by atoms with van der Waals surface area (Å²) in [6.45, 7) is 2.11. The van der Waals surface area contributed by atoms with Crippen molar-refractivity contribution in [1.82, 2.24) is 15.0 Å². The minimum absolute atomic E-state index is 0.747. The number of aromatic amines is 2. The lowest BCUT2D eigenvalue weighted by molar-refractivity contribution is 1.34. The number of benzene rings is 4. The van der Waals surface area contributed by atoms with Crippen molar-refractivity contribution in [2.24, 2.45) is 0 Å². The number of nitrogens with one attached hydrogen (secondary N) is 2. The third-order valence-electron chi connectivity index (χ3n) is 5.58. The monoisotopic (exact) mass is 362 g/mol. The van der Waals surface area contributed by atoms with E-state index >= 15 is 0 Å². The van der Waals surface area contributed by atoms with E-state index < -0.39 is 0 Å². The number of aryl methyl sites for hydroxylation is 1. The molecule has 4 aromatic carbocycles. The van der Waals surface area contributed by atoms with Crippen LogP contribution in [0.3, 0.4) is 0 Å². The minimum atomic E-state index is 0.747. The zero-order valence-corrected chi connectivity index (χ0v) is 15.4. The lowest BCUT2D eigenvalue weighted by Crippen LogP contribution is -1.86. The van der Waals surface area contributed by atoms with Gasteiger partial charge in [0.15, 0.2) is 0 Å². The Balaban J connectivity index is 1.77. The quantitative estimate of drug-likeness (QED) is 0.251. The number of fused-ring (bicyclic) bond motifs is 7. The number of hydrogen-bond acceptors (Lipinski definition) is 2. The standard InChI is InChI=1S/C24H18N4/c1-13-6-9-21-18(10-13)20(12-26-21)24-27-22-17-5-3-2-4-15(17)16-8-7-14(25)11-19(16)23(22)28-24/h2-12,26H,25H2,1H3,(H,27,28). The van der Waals surface area contributed by atoms with Gasteiger partial charge in [0.1, 0.15) is 5.82 Å². The molecule has 2 aromatic heterocycles. The van der Waals surface area contributed by atoms with Crippen molar-refractivity contribution in [3.8, 4) is 11.4 Å². The first-order valence-electron chi connectivity index (χ1n) is 9.37. The molecule has 4 N–H and O–H groups in total. The van der Waals surface area contributed by atoms with Crippen LogP contribution in [0.5, 0.6) is 0 Å². The molecule has 0 fully saturated rings. The lowest BCUT2D eigenvalue weighted by atomic mass is 9.99. The lowest BCUT2D eigenvalue weighted by Gasteiger charge is -2.06. The van der Waals surface area contributed by atoms with Crippen LogP contribution in [0, 0.1) is 6.92 Å². The first-order chi connectivity index (χ1) is 13.7. The van der Waals surface area contributed by atoms with Crippen molar-refractivity contribution in [3.63, 3.8) is 0 Å².